The Morgan fingerprint density at radius 3 is 2.65 bits per heavy atom. The summed E-state index contributed by atoms with van der Waals surface area (Å²) in [5, 5.41) is 15.0. The van der Waals surface area contributed by atoms with Crippen LogP contribution in [0.1, 0.15) is 17.2 Å². The van der Waals surface area contributed by atoms with Crippen LogP contribution in [0.5, 0.6) is 0 Å². The molecule has 3 aromatic rings. The summed E-state index contributed by atoms with van der Waals surface area (Å²) in [4.78, 5) is 4.00. The summed E-state index contributed by atoms with van der Waals surface area (Å²) in [6, 6.07) is 10.8. The van der Waals surface area contributed by atoms with Gasteiger partial charge in [0.2, 0.25) is 0 Å². The van der Waals surface area contributed by atoms with E-state index in [0.717, 1.165) is 5.56 Å². The van der Waals surface area contributed by atoms with Crippen molar-refractivity contribution in [2.75, 3.05) is 0 Å². The van der Waals surface area contributed by atoms with Gasteiger partial charge >= 0.3 is 0 Å². The number of benzene rings is 1. The topological polar surface area (TPSA) is 59.2 Å². The lowest BCUT2D eigenvalue weighted by molar-refractivity contribution is 0.219. The molecule has 2 heterocycles. The van der Waals surface area contributed by atoms with Crippen LogP contribution in [0.2, 0.25) is 5.02 Å². The maximum atomic E-state index is 10.4. The Bertz CT molecular complexity index is 695. The second kappa shape index (κ2) is 5.45. The first-order valence-corrected chi connectivity index (χ1v) is 6.41. The van der Waals surface area contributed by atoms with Gasteiger partial charge in [-0.25, -0.2) is 0 Å². The molecule has 20 heavy (non-hydrogen) atoms. The summed E-state index contributed by atoms with van der Waals surface area (Å²) >= 11 is 5.87. The molecule has 0 amide bonds. The van der Waals surface area contributed by atoms with Crippen LogP contribution >= 0.6 is 11.6 Å². The van der Waals surface area contributed by atoms with Crippen molar-refractivity contribution in [1.82, 2.24) is 10.1 Å². The van der Waals surface area contributed by atoms with Crippen molar-refractivity contribution in [1.29, 1.82) is 0 Å². The summed E-state index contributed by atoms with van der Waals surface area (Å²) in [6.45, 7) is 0. The SMILES string of the molecule is OC(c1cccnc1)c1conc1-c1ccc(Cl)cc1. The maximum Gasteiger partial charge on any atom is 0.130 e. The minimum absolute atomic E-state index is 0.595. The van der Waals surface area contributed by atoms with E-state index in [1.165, 1.54) is 6.26 Å². The minimum atomic E-state index is -0.833. The van der Waals surface area contributed by atoms with Crippen molar-refractivity contribution in [2.45, 2.75) is 6.10 Å². The van der Waals surface area contributed by atoms with Crippen LogP contribution in [0.3, 0.4) is 0 Å². The number of aliphatic hydroxyl groups excluding tert-OH is 1. The highest BCUT2D eigenvalue weighted by Gasteiger charge is 2.19. The molecule has 5 heteroatoms. The Balaban J connectivity index is 2.00. The lowest BCUT2D eigenvalue weighted by Gasteiger charge is -2.09. The maximum absolute atomic E-state index is 10.4. The van der Waals surface area contributed by atoms with E-state index < -0.39 is 6.10 Å². The van der Waals surface area contributed by atoms with E-state index in [4.69, 9.17) is 16.1 Å². The fraction of sp³-hybridized carbons (Fsp3) is 0.0667. The van der Waals surface area contributed by atoms with Crippen molar-refractivity contribution in [3.8, 4) is 11.3 Å². The predicted molar refractivity (Wildman–Crippen MR) is 75.2 cm³/mol. The highest BCUT2D eigenvalue weighted by atomic mass is 35.5. The molecule has 0 bridgehead atoms. The zero-order valence-corrected chi connectivity index (χ0v) is 11.2. The monoisotopic (exact) mass is 286 g/mol. The van der Waals surface area contributed by atoms with E-state index in [9.17, 15) is 5.11 Å². The molecular formula is C15H11ClN2O2. The highest BCUT2D eigenvalue weighted by Crippen LogP contribution is 2.31. The fourth-order valence-electron chi connectivity index (χ4n) is 1.98. The average Bonchev–Trinajstić information content (AvgIpc) is 2.97. The lowest BCUT2D eigenvalue weighted by Crippen LogP contribution is -2.00. The number of aromatic nitrogens is 2. The Morgan fingerprint density at radius 1 is 1.15 bits per heavy atom. The standard InChI is InChI=1S/C15H11ClN2O2/c16-12-5-3-10(4-6-12)14-13(9-20-18-14)15(19)11-2-1-7-17-8-11/h1-9,15,19H. The summed E-state index contributed by atoms with van der Waals surface area (Å²) < 4.78 is 5.01. The first kappa shape index (κ1) is 12.8. The first-order chi connectivity index (χ1) is 9.75. The van der Waals surface area contributed by atoms with Crippen LogP contribution in [-0.4, -0.2) is 15.2 Å². The Hall–Kier alpha value is -2.17. The lowest BCUT2D eigenvalue weighted by atomic mass is 10.0. The van der Waals surface area contributed by atoms with Crippen LogP contribution in [0.25, 0.3) is 11.3 Å². The summed E-state index contributed by atoms with van der Waals surface area (Å²) in [6.07, 6.45) is 3.88. The van der Waals surface area contributed by atoms with Crippen LogP contribution in [-0.2, 0) is 0 Å². The second-order valence-corrected chi connectivity index (χ2v) is 4.75. The smallest absolute Gasteiger partial charge is 0.130 e. The van der Waals surface area contributed by atoms with Gasteiger partial charge in [0.05, 0.1) is 5.56 Å². The Morgan fingerprint density at radius 2 is 1.95 bits per heavy atom. The van der Waals surface area contributed by atoms with Crippen LogP contribution < -0.4 is 0 Å². The van der Waals surface area contributed by atoms with Gasteiger partial charge < -0.3 is 9.63 Å². The van der Waals surface area contributed by atoms with E-state index in [1.807, 2.05) is 12.1 Å². The van der Waals surface area contributed by atoms with Gasteiger partial charge in [0.15, 0.2) is 0 Å². The van der Waals surface area contributed by atoms with E-state index in [-0.39, 0.29) is 0 Å². The van der Waals surface area contributed by atoms with Crippen molar-refractivity contribution in [3.63, 3.8) is 0 Å². The molecule has 0 fully saturated rings. The third-order valence-corrected chi connectivity index (χ3v) is 3.26. The van der Waals surface area contributed by atoms with Gasteiger partial charge in [0.1, 0.15) is 18.1 Å². The third-order valence-electron chi connectivity index (χ3n) is 3.01. The number of nitrogens with zero attached hydrogens (tertiary/aromatic N) is 2. The fourth-order valence-corrected chi connectivity index (χ4v) is 2.11. The van der Waals surface area contributed by atoms with Gasteiger partial charge in [-0.3, -0.25) is 4.98 Å². The first-order valence-electron chi connectivity index (χ1n) is 6.04. The molecule has 1 N–H and O–H groups in total. The van der Waals surface area contributed by atoms with Crippen molar-refractivity contribution in [3.05, 3.63) is 71.2 Å². The number of pyridine rings is 1. The summed E-state index contributed by atoms with van der Waals surface area (Å²) in [5.74, 6) is 0. The molecule has 4 nitrogen and oxygen atoms in total. The highest BCUT2D eigenvalue weighted by molar-refractivity contribution is 6.30. The molecular weight excluding hydrogens is 276 g/mol. The van der Waals surface area contributed by atoms with Gasteiger partial charge in [-0.05, 0) is 18.2 Å². The number of aliphatic hydroxyl groups is 1. The largest absolute Gasteiger partial charge is 0.383 e. The molecule has 1 aromatic carbocycles. The molecule has 1 atom stereocenters. The zero-order chi connectivity index (χ0) is 13.9. The molecule has 0 aliphatic carbocycles. The van der Waals surface area contributed by atoms with Gasteiger partial charge in [-0.15, -0.1) is 0 Å². The average molecular weight is 287 g/mol. The van der Waals surface area contributed by atoms with Gasteiger partial charge in [-0.2, -0.15) is 0 Å². The van der Waals surface area contributed by atoms with Crippen LogP contribution in [0.4, 0.5) is 0 Å². The van der Waals surface area contributed by atoms with E-state index in [0.29, 0.717) is 21.8 Å². The van der Waals surface area contributed by atoms with Crippen molar-refractivity contribution >= 4 is 11.6 Å². The molecule has 0 saturated carbocycles. The van der Waals surface area contributed by atoms with Gasteiger partial charge in [0, 0.05) is 28.5 Å². The minimum Gasteiger partial charge on any atom is -0.383 e. The molecule has 1 unspecified atom stereocenters. The number of hydrogen-bond donors (Lipinski definition) is 1. The summed E-state index contributed by atoms with van der Waals surface area (Å²) in [5.41, 5.74) is 2.71. The second-order valence-electron chi connectivity index (χ2n) is 4.31. The number of rotatable bonds is 3. The van der Waals surface area contributed by atoms with Crippen LogP contribution in [0.15, 0.2) is 59.6 Å². The van der Waals surface area contributed by atoms with E-state index in [2.05, 4.69) is 10.1 Å². The molecule has 0 aliphatic heterocycles. The van der Waals surface area contributed by atoms with Crippen LogP contribution in [0, 0.1) is 0 Å². The molecule has 2 aromatic heterocycles. The zero-order valence-electron chi connectivity index (χ0n) is 10.4. The Kier molecular flexibility index (Phi) is 3.50. The quantitative estimate of drug-likeness (QED) is 0.801. The molecule has 3 rings (SSSR count). The van der Waals surface area contributed by atoms with Gasteiger partial charge in [0.25, 0.3) is 0 Å². The number of hydrogen-bond acceptors (Lipinski definition) is 4. The van der Waals surface area contributed by atoms with Gasteiger partial charge in [-0.1, -0.05) is 35.0 Å². The molecule has 0 saturated heterocycles. The Labute approximate surface area is 120 Å². The normalized spacial score (nSPS) is 12.3. The molecule has 0 aliphatic rings. The molecule has 0 radical (unpaired) electrons. The van der Waals surface area contributed by atoms with E-state index >= 15 is 0 Å². The van der Waals surface area contributed by atoms with Crippen molar-refractivity contribution < 1.29 is 9.63 Å². The number of halogens is 1. The molecule has 0 spiro atoms. The van der Waals surface area contributed by atoms with E-state index in [1.54, 1.807) is 36.7 Å². The van der Waals surface area contributed by atoms with Crippen molar-refractivity contribution in [2.24, 2.45) is 0 Å². The predicted octanol–water partition coefficient (Wildman–Crippen LogP) is 3.47. The third kappa shape index (κ3) is 2.43. The summed E-state index contributed by atoms with van der Waals surface area (Å²) in [7, 11) is 0. The molecule has 100 valence electrons.